The molecule has 0 radical (unpaired) electrons. The second-order valence-electron chi connectivity index (χ2n) is 7.08. The maximum atomic E-state index is 12.6. The van der Waals surface area contributed by atoms with E-state index in [0.29, 0.717) is 6.54 Å². The zero-order valence-corrected chi connectivity index (χ0v) is 15.8. The standard InChI is InChI=1S/C22H28N2O2/c1-17(19-14-8-5-9-15-19)24-21(26)22(2,3)20(25)23-16-10-13-18-11-6-4-7-12-18/h4-9,11-12,14-15,17H,10,13,16H2,1-3H3,(H,23,25)(H,24,26). The van der Waals surface area contributed by atoms with Crippen molar-refractivity contribution in [2.45, 2.75) is 39.7 Å². The molecule has 4 nitrogen and oxygen atoms in total. The lowest BCUT2D eigenvalue weighted by atomic mass is 9.90. The first-order chi connectivity index (χ1) is 12.4. The Balaban J connectivity index is 1.81. The maximum Gasteiger partial charge on any atom is 0.235 e. The van der Waals surface area contributed by atoms with Gasteiger partial charge in [0.05, 0.1) is 6.04 Å². The summed E-state index contributed by atoms with van der Waals surface area (Å²) in [6, 6.07) is 19.7. The third kappa shape index (κ3) is 5.45. The number of nitrogens with one attached hydrogen (secondary N) is 2. The molecule has 0 fully saturated rings. The first kappa shape index (κ1) is 19.7. The summed E-state index contributed by atoms with van der Waals surface area (Å²) in [7, 11) is 0. The number of amides is 2. The molecule has 0 saturated heterocycles. The molecule has 2 aromatic carbocycles. The van der Waals surface area contributed by atoms with Crippen LogP contribution in [0.5, 0.6) is 0 Å². The van der Waals surface area contributed by atoms with Gasteiger partial charge in [-0.15, -0.1) is 0 Å². The second-order valence-corrected chi connectivity index (χ2v) is 7.08. The average molecular weight is 352 g/mol. The van der Waals surface area contributed by atoms with Crippen LogP contribution in [0.4, 0.5) is 0 Å². The van der Waals surface area contributed by atoms with Crippen molar-refractivity contribution in [3.8, 4) is 0 Å². The molecule has 0 aromatic heterocycles. The number of carbonyl (C=O) groups is 2. The molecule has 0 spiro atoms. The molecule has 2 N–H and O–H groups in total. The largest absolute Gasteiger partial charge is 0.355 e. The van der Waals surface area contributed by atoms with Crippen LogP contribution < -0.4 is 10.6 Å². The van der Waals surface area contributed by atoms with Crippen LogP contribution in [0, 0.1) is 5.41 Å². The van der Waals surface area contributed by atoms with Crippen molar-refractivity contribution in [1.29, 1.82) is 0 Å². The highest BCUT2D eigenvalue weighted by Crippen LogP contribution is 2.19. The summed E-state index contributed by atoms with van der Waals surface area (Å²) in [4.78, 5) is 25.0. The van der Waals surface area contributed by atoms with E-state index in [9.17, 15) is 9.59 Å². The SMILES string of the molecule is CC(NC(=O)C(C)(C)C(=O)NCCCc1ccccc1)c1ccccc1. The number of rotatable bonds is 8. The normalized spacial score (nSPS) is 12.3. The van der Waals surface area contributed by atoms with E-state index >= 15 is 0 Å². The molecular weight excluding hydrogens is 324 g/mol. The fraction of sp³-hybridized carbons (Fsp3) is 0.364. The number of aryl methyl sites for hydroxylation is 1. The predicted molar refractivity (Wildman–Crippen MR) is 105 cm³/mol. The Hall–Kier alpha value is -2.62. The highest BCUT2D eigenvalue weighted by Gasteiger charge is 2.36. The van der Waals surface area contributed by atoms with E-state index < -0.39 is 5.41 Å². The van der Waals surface area contributed by atoms with Crippen LogP contribution in [0.3, 0.4) is 0 Å². The lowest BCUT2D eigenvalue weighted by Crippen LogP contribution is -2.48. The van der Waals surface area contributed by atoms with Gasteiger partial charge in [-0.2, -0.15) is 0 Å². The third-order valence-electron chi connectivity index (χ3n) is 4.55. The lowest BCUT2D eigenvalue weighted by molar-refractivity contribution is -0.141. The molecule has 26 heavy (non-hydrogen) atoms. The van der Waals surface area contributed by atoms with Crippen molar-refractivity contribution in [2.75, 3.05) is 6.54 Å². The predicted octanol–water partition coefficient (Wildman–Crippen LogP) is 3.64. The van der Waals surface area contributed by atoms with Crippen molar-refractivity contribution in [3.63, 3.8) is 0 Å². The number of carbonyl (C=O) groups excluding carboxylic acids is 2. The van der Waals surface area contributed by atoms with Crippen LogP contribution in [0.25, 0.3) is 0 Å². The van der Waals surface area contributed by atoms with Crippen LogP contribution in [-0.2, 0) is 16.0 Å². The number of hydrogen-bond acceptors (Lipinski definition) is 2. The van der Waals surface area contributed by atoms with Gasteiger partial charge in [-0.1, -0.05) is 60.7 Å². The van der Waals surface area contributed by atoms with Crippen molar-refractivity contribution < 1.29 is 9.59 Å². The van der Waals surface area contributed by atoms with E-state index in [1.54, 1.807) is 13.8 Å². The van der Waals surface area contributed by atoms with Crippen molar-refractivity contribution >= 4 is 11.8 Å². The highest BCUT2D eigenvalue weighted by atomic mass is 16.2. The summed E-state index contributed by atoms with van der Waals surface area (Å²) >= 11 is 0. The number of hydrogen-bond donors (Lipinski definition) is 2. The van der Waals surface area contributed by atoms with Crippen LogP contribution in [0.2, 0.25) is 0 Å². The minimum absolute atomic E-state index is 0.145. The summed E-state index contributed by atoms with van der Waals surface area (Å²) in [6.45, 7) is 5.79. The van der Waals surface area contributed by atoms with Gasteiger partial charge in [0.1, 0.15) is 5.41 Å². The fourth-order valence-electron chi connectivity index (χ4n) is 2.67. The third-order valence-corrected chi connectivity index (χ3v) is 4.55. The minimum Gasteiger partial charge on any atom is -0.355 e. The Morgan fingerprint density at radius 1 is 0.923 bits per heavy atom. The van der Waals surface area contributed by atoms with Crippen LogP contribution >= 0.6 is 0 Å². The van der Waals surface area contributed by atoms with Crippen molar-refractivity contribution in [2.24, 2.45) is 5.41 Å². The zero-order valence-electron chi connectivity index (χ0n) is 15.8. The molecule has 0 aliphatic carbocycles. The van der Waals surface area contributed by atoms with Gasteiger partial charge in [0, 0.05) is 6.54 Å². The average Bonchev–Trinajstić information content (AvgIpc) is 2.66. The van der Waals surface area contributed by atoms with E-state index in [-0.39, 0.29) is 17.9 Å². The molecule has 0 saturated carbocycles. The highest BCUT2D eigenvalue weighted by molar-refractivity contribution is 6.04. The maximum absolute atomic E-state index is 12.6. The number of benzene rings is 2. The molecule has 138 valence electrons. The van der Waals surface area contributed by atoms with Crippen LogP contribution in [0.1, 0.15) is 44.4 Å². The Morgan fingerprint density at radius 3 is 2.12 bits per heavy atom. The summed E-state index contributed by atoms with van der Waals surface area (Å²) in [6.07, 6.45) is 1.74. The van der Waals surface area contributed by atoms with E-state index in [2.05, 4.69) is 22.8 Å². The quantitative estimate of drug-likeness (QED) is 0.563. The molecule has 0 bridgehead atoms. The Bertz CT molecular complexity index is 711. The van der Waals surface area contributed by atoms with Gasteiger partial charge in [0.15, 0.2) is 0 Å². The van der Waals surface area contributed by atoms with Gasteiger partial charge < -0.3 is 10.6 Å². The van der Waals surface area contributed by atoms with E-state index in [0.717, 1.165) is 18.4 Å². The molecule has 4 heteroatoms. The summed E-state index contributed by atoms with van der Waals surface area (Å²) in [5.74, 6) is -0.516. The Kier molecular flexibility index (Phi) is 6.96. The first-order valence-corrected chi connectivity index (χ1v) is 9.09. The molecule has 0 aliphatic rings. The van der Waals surface area contributed by atoms with E-state index in [1.165, 1.54) is 5.56 Å². The lowest BCUT2D eigenvalue weighted by Gasteiger charge is -2.25. The van der Waals surface area contributed by atoms with Gasteiger partial charge >= 0.3 is 0 Å². The molecule has 1 unspecified atom stereocenters. The minimum atomic E-state index is -1.12. The van der Waals surface area contributed by atoms with E-state index in [1.807, 2.05) is 55.5 Å². The molecule has 1 atom stereocenters. The van der Waals surface area contributed by atoms with Crippen molar-refractivity contribution in [3.05, 3.63) is 71.8 Å². The first-order valence-electron chi connectivity index (χ1n) is 9.09. The molecule has 2 amide bonds. The molecule has 2 aromatic rings. The topological polar surface area (TPSA) is 58.2 Å². The fourth-order valence-corrected chi connectivity index (χ4v) is 2.67. The monoisotopic (exact) mass is 352 g/mol. The molecule has 0 aliphatic heterocycles. The molecule has 0 heterocycles. The van der Waals surface area contributed by atoms with Crippen LogP contribution in [0.15, 0.2) is 60.7 Å². The summed E-state index contributed by atoms with van der Waals surface area (Å²) in [5, 5.41) is 5.82. The Morgan fingerprint density at radius 2 is 1.50 bits per heavy atom. The van der Waals surface area contributed by atoms with Crippen molar-refractivity contribution in [1.82, 2.24) is 10.6 Å². The van der Waals surface area contributed by atoms with Crippen LogP contribution in [-0.4, -0.2) is 18.4 Å². The molecular formula is C22H28N2O2. The second kappa shape index (κ2) is 9.18. The summed E-state index contributed by atoms with van der Waals surface area (Å²) in [5.41, 5.74) is 1.14. The smallest absolute Gasteiger partial charge is 0.235 e. The Labute approximate surface area is 156 Å². The van der Waals surface area contributed by atoms with E-state index in [4.69, 9.17) is 0 Å². The van der Waals surface area contributed by atoms with Gasteiger partial charge in [-0.05, 0) is 44.7 Å². The van der Waals surface area contributed by atoms with Gasteiger partial charge in [0.25, 0.3) is 0 Å². The zero-order chi connectivity index (χ0) is 19.0. The molecule has 2 rings (SSSR count). The van der Waals surface area contributed by atoms with Gasteiger partial charge in [-0.25, -0.2) is 0 Å². The van der Waals surface area contributed by atoms with Gasteiger partial charge in [0.2, 0.25) is 11.8 Å². The summed E-state index contributed by atoms with van der Waals surface area (Å²) < 4.78 is 0. The van der Waals surface area contributed by atoms with Gasteiger partial charge in [-0.3, -0.25) is 9.59 Å².